The average molecular weight is 259 g/mol. The molecule has 2 rings (SSSR count). The molecule has 5 nitrogen and oxygen atoms in total. The molecule has 0 radical (unpaired) electrons. The largest absolute Gasteiger partial charge is 0.481 e. The maximum atomic E-state index is 10.9. The van der Waals surface area contributed by atoms with Crippen LogP contribution in [-0.2, 0) is 10.2 Å². The third-order valence-electron chi connectivity index (χ3n) is 2.93. The third-order valence-corrected chi connectivity index (χ3v) is 2.93. The molecule has 0 aliphatic rings. The van der Waals surface area contributed by atoms with E-state index in [1.807, 2.05) is 45.2 Å². The van der Waals surface area contributed by atoms with Crippen molar-refractivity contribution in [3.05, 3.63) is 35.9 Å². The first-order valence-electron chi connectivity index (χ1n) is 6.10. The fourth-order valence-corrected chi connectivity index (χ4v) is 1.96. The van der Waals surface area contributed by atoms with Crippen LogP contribution in [0.2, 0.25) is 0 Å². The van der Waals surface area contributed by atoms with E-state index >= 15 is 0 Å². The molecule has 2 heterocycles. The van der Waals surface area contributed by atoms with E-state index < -0.39 is 11.4 Å². The van der Waals surface area contributed by atoms with Crippen LogP contribution >= 0.6 is 0 Å². The number of nitrogens with one attached hydrogen (secondary N) is 1. The molecule has 0 bridgehead atoms. The molecule has 0 saturated heterocycles. The molecular formula is C14H17N3O2. The highest BCUT2D eigenvalue weighted by Crippen LogP contribution is 2.26. The highest BCUT2D eigenvalue weighted by atomic mass is 16.4. The van der Waals surface area contributed by atoms with E-state index in [9.17, 15) is 4.79 Å². The van der Waals surface area contributed by atoms with Crippen LogP contribution in [0.1, 0.15) is 31.8 Å². The first-order chi connectivity index (χ1) is 8.88. The van der Waals surface area contributed by atoms with Crippen LogP contribution in [0.5, 0.6) is 0 Å². The number of H-pyrrole nitrogens is 1. The minimum atomic E-state index is -0.850. The summed E-state index contributed by atoms with van der Waals surface area (Å²) >= 11 is 0. The second kappa shape index (κ2) is 4.84. The number of hydrogen-bond acceptors (Lipinski definition) is 3. The Morgan fingerprint density at radius 2 is 2.16 bits per heavy atom. The van der Waals surface area contributed by atoms with Crippen LogP contribution in [0.15, 0.2) is 24.4 Å². The summed E-state index contributed by atoms with van der Waals surface area (Å²) in [6.45, 7) is 5.57. The predicted octanol–water partition coefficient (Wildman–Crippen LogP) is 2.53. The molecule has 0 saturated carbocycles. The number of aromatic nitrogens is 3. The SMILES string of the molecule is Cc1cc(-c2ccc[nH]2)nc(C(C)(C)CC(=O)O)n1. The summed E-state index contributed by atoms with van der Waals surface area (Å²) < 4.78 is 0. The highest BCUT2D eigenvalue weighted by molar-refractivity contribution is 5.68. The lowest BCUT2D eigenvalue weighted by Crippen LogP contribution is -2.25. The number of carboxylic acids is 1. The first kappa shape index (κ1) is 13.3. The van der Waals surface area contributed by atoms with Gasteiger partial charge in [0.25, 0.3) is 0 Å². The lowest BCUT2D eigenvalue weighted by atomic mass is 9.88. The Hall–Kier alpha value is -2.17. The van der Waals surface area contributed by atoms with Gasteiger partial charge in [-0.2, -0.15) is 0 Å². The topological polar surface area (TPSA) is 78.9 Å². The Morgan fingerprint density at radius 3 is 2.74 bits per heavy atom. The number of carbonyl (C=O) groups is 1. The summed E-state index contributed by atoms with van der Waals surface area (Å²) in [4.78, 5) is 22.9. The Kier molecular flexibility index (Phi) is 3.38. The number of aliphatic carboxylic acids is 1. The minimum Gasteiger partial charge on any atom is -0.481 e. The molecule has 19 heavy (non-hydrogen) atoms. The minimum absolute atomic E-state index is 0.000615. The van der Waals surface area contributed by atoms with Crippen molar-refractivity contribution < 1.29 is 9.90 Å². The zero-order chi connectivity index (χ0) is 14.0. The molecule has 0 aliphatic heterocycles. The molecule has 100 valence electrons. The monoisotopic (exact) mass is 259 g/mol. The van der Waals surface area contributed by atoms with Crippen molar-refractivity contribution >= 4 is 5.97 Å². The van der Waals surface area contributed by atoms with Gasteiger partial charge < -0.3 is 10.1 Å². The lowest BCUT2D eigenvalue weighted by molar-refractivity contribution is -0.138. The van der Waals surface area contributed by atoms with Crippen LogP contribution in [0.3, 0.4) is 0 Å². The van der Waals surface area contributed by atoms with Gasteiger partial charge in [-0.25, -0.2) is 9.97 Å². The zero-order valence-electron chi connectivity index (χ0n) is 11.3. The van der Waals surface area contributed by atoms with Gasteiger partial charge in [0, 0.05) is 17.3 Å². The summed E-state index contributed by atoms with van der Waals surface area (Å²) in [6, 6.07) is 5.71. The smallest absolute Gasteiger partial charge is 0.304 e. The van der Waals surface area contributed by atoms with Crippen LogP contribution in [0, 0.1) is 6.92 Å². The third kappa shape index (κ3) is 2.99. The number of aromatic amines is 1. The molecule has 0 aliphatic carbocycles. The van der Waals surface area contributed by atoms with Gasteiger partial charge in [-0.05, 0) is 25.1 Å². The van der Waals surface area contributed by atoms with Crippen LogP contribution < -0.4 is 0 Å². The van der Waals surface area contributed by atoms with Gasteiger partial charge in [-0.1, -0.05) is 13.8 Å². The molecule has 2 aromatic heterocycles. The summed E-state index contributed by atoms with van der Waals surface area (Å²) in [6.07, 6.45) is 1.83. The normalized spacial score (nSPS) is 11.5. The zero-order valence-corrected chi connectivity index (χ0v) is 11.3. The van der Waals surface area contributed by atoms with Crippen LogP contribution in [0.25, 0.3) is 11.4 Å². The van der Waals surface area contributed by atoms with Crippen molar-refractivity contribution in [1.82, 2.24) is 15.0 Å². The summed E-state index contributed by atoms with van der Waals surface area (Å²) in [5.74, 6) is -0.295. The molecule has 0 unspecified atom stereocenters. The maximum Gasteiger partial charge on any atom is 0.304 e. The van der Waals surface area contributed by atoms with Gasteiger partial charge in [0.1, 0.15) is 5.82 Å². The van der Waals surface area contributed by atoms with E-state index in [1.165, 1.54) is 0 Å². The Balaban J connectivity index is 2.45. The summed E-state index contributed by atoms with van der Waals surface area (Å²) in [5, 5.41) is 8.97. The first-order valence-corrected chi connectivity index (χ1v) is 6.10. The molecule has 0 amide bonds. The molecular weight excluding hydrogens is 242 g/mol. The second-order valence-electron chi connectivity index (χ2n) is 5.26. The second-order valence-corrected chi connectivity index (χ2v) is 5.26. The van der Waals surface area contributed by atoms with E-state index in [0.29, 0.717) is 5.82 Å². The average Bonchev–Trinajstić information content (AvgIpc) is 2.79. The van der Waals surface area contributed by atoms with Crippen LogP contribution in [0.4, 0.5) is 0 Å². The van der Waals surface area contributed by atoms with Gasteiger partial charge in [0.05, 0.1) is 17.8 Å². The van der Waals surface area contributed by atoms with Crippen molar-refractivity contribution in [3.8, 4) is 11.4 Å². The van der Waals surface area contributed by atoms with E-state index in [4.69, 9.17) is 5.11 Å². The van der Waals surface area contributed by atoms with Crippen LogP contribution in [-0.4, -0.2) is 26.0 Å². The molecule has 2 aromatic rings. The van der Waals surface area contributed by atoms with Crippen molar-refractivity contribution in [2.75, 3.05) is 0 Å². The predicted molar refractivity (Wildman–Crippen MR) is 71.8 cm³/mol. The van der Waals surface area contributed by atoms with Crippen molar-refractivity contribution in [3.63, 3.8) is 0 Å². The Morgan fingerprint density at radius 1 is 1.42 bits per heavy atom. The van der Waals surface area contributed by atoms with Gasteiger partial charge in [-0.3, -0.25) is 4.79 Å². The number of rotatable bonds is 4. The lowest BCUT2D eigenvalue weighted by Gasteiger charge is -2.21. The molecule has 0 atom stereocenters. The van der Waals surface area contributed by atoms with Gasteiger partial charge in [0.2, 0.25) is 0 Å². The van der Waals surface area contributed by atoms with Crippen molar-refractivity contribution in [2.45, 2.75) is 32.6 Å². The number of nitrogens with zero attached hydrogens (tertiary/aromatic N) is 2. The number of aryl methyl sites for hydroxylation is 1. The summed E-state index contributed by atoms with van der Waals surface area (Å²) in [7, 11) is 0. The Labute approximate surface area is 111 Å². The molecule has 0 fully saturated rings. The van der Waals surface area contributed by atoms with Crippen molar-refractivity contribution in [1.29, 1.82) is 0 Å². The quantitative estimate of drug-likeness (QED) is 0.884. The number of carboxylic acid groups (broad SMARTS) is 1. The molecule has 0 spiro atoms. The molecule has 0 aromatic carbocycles. The fourth-order valence-electron chi connectivity index (χ4n) is 1.96. The van der Waals surface area contributed by atoms with Gasteiger partial charge >= 0.3 is 5.97 Å². The van der Waals surface area contributed by atoms with E-state index in [2.05, 4.69) is 15.0 Å². The van der Waals surface area contributed by atoms with Crippen molar-refractivity contribution in [2.24, 2.45) is 0 Å². The molecule has 2 N–H and O–H groups in total. The van der Waals surface area contributed by atoms with Gasteiger partial charge in [-0.15, -0.1) is 0 Å². The standard InChI is InChI=1S/C14H17N3O2/c1-9-7-11(10-5-4-6-15-10)17-13(16-9)14(2,3)8-12(18)19/h4-7,15H,8H2,1-3H3,(H,18,19). The molecule has 5 heteroatoms. The van der Waals surface area contributed by atoms with E-state index in [-0.39, 0.29) is 6.42 Å². The maximum absolute atomic E-state index is 10.9. The van der Waals surface area contributed by atoms with E-state index in [1.54, 1.807) is 0 Å². The van der Waals surface area contributed by atoms with Gasteiger partial charge in [0.15, 0.2) is 0 Å². The summed E-state index contributed by atoms with van der Waals surface area (Å²) in [5.41, 5.74) is 1.91. The Bertz CT molecular complexity index is 589. The number of hydrogen-bond donors (Lipinski definition) is 2. The highest BCUT2D eigenvalue weighted by Gasteiger charge is 2.28. The van der Waals surface area contributed by atoms with E-state index in [0.717, 1.165) is 17.1 Å². The fraction of sp³-hybridized carbons (Fsp3) is 0.357.